The van der Waals surface area contributed by atoms with E-state index in [1.54, 1.807) is 22.6 Å². The third kappa shape index (κ3) is 10.2. The maximum atomic E-state index is 12.6. The Hall–Kier alpha value is 1.91. The van der Waals surface area contributed by atoms with Crippen molar-refractivity contribution in [3.05, 3.63) is 43.7 Å². The average molecular weight is 1350 g/mol. The zero-order chi connectivity index (χ0) is 32.0. The summed E-state index contributed by atoms with van der Waals surface area (Å²) in [6.07, 6.45) is 0. The smallest absolute Gasteiger partial charge is 0.254 e. The first-order valence-electron chi connectivity index (χ1n) is 10.5. The van der Waals surface area contributed by atoms with Gasteiger partial charge in [0.2, 0.25) is 11.8 Å². The molecular formula is C22H10Cl4I6N2O7S. The van der Waals surface area contributed by atoms with E-state index in [1.807, 2.05) is 113 Å². The van der Waals surface area contributed by atoms with Crippen LogP contribution in [0.2, 0.25) is 0 Å². The molecule has 0 fully saturated rings. The van der Waals surface area contributed by atoms with Crippen molar-refractivity contribution >= 4 is 238 Å². The SMILES string of the molecule is O=C(COCCSCC(=O)Nc1c(I)c(C(=O)Cl)c(I)c(C(=O)Cl)c1I)Nc1c(I)c(C(=O)Cl)c(I)c(C(=O)Cl)c1I. The largest absolute Gasteiger partial charge is 0.371 e. The first-order valence-corrected chi connectivity index (χ1v) is 19.6. The number of carbonyl (C=O) groups is 6. The number of benzene rings is 2. The van der Waals surface area contributed by atoms with Gasteiger partial charge in [0.05, 0.1) is 60.3 Å². The standard InChI is InChI=1S/C22H10Cl4I6N2O7S/c23-19(37)7-11(27)8(20(24)38)14(30)17(13(7)29)33-5(35)3-41-1-2-42-4-6(36)34-18-15(31)9(21(25)39)12(28)10(16(18)32)22(26)40/h1-4H2,(H,33,35)(H,34,36). The molecule has 0 saturated heterocycles. The highest BCUT2D eigenvalue weighted by Gasteiger charge is 2.28. The van der Waals surface area contributed by atoms with Crippen LogP contribution in [-0.4, -0.2) is 57.5 Å². The van der Waals surface area contributed by atoms with Gasteiger partial charge in [-0.15, -0.1) is 11.8 Å². The molecule has 0 unspecified atom stereocenters. The number of hydrogen-bond donors (Lipinski definition) is 2. The third-order valence-electron chi connectivity index (χ3n) is 4.79. The second-order valence-electron chi connectivity index (χ2n) is 7.43. The van der Waals surface area contributed by atoms with Crippen LogP contribution < -0.4 is 10.6 Å². The van der Waals surface area contributed by atoms with E-state index in [1.165, 1.54) is 11.8 Å². The van der Waals surface area contributed by atoms with Gasteiger partial charge in [-0.05, 0) is 182 Å². The monoisotopic (exact) mass is 1350 g/mol. The lowest BCUT2D eigenvalue weighted by Gasteiger charge is -2.17. The van der Waals surface area contributed by atoms with Crippen molar-refractivity contribution in [2.45, 2.75) is 0 Å². The number of amides is 2. The summed E-state index contributed by atoms with van der Waals surface area (Å²) in [7, 11) is 0. The van der Waals surface area contributed by atoms with E-state index in [0.717, 1.165) is 0 Å². The second kappa shape index (κ2) is 18.5. The Morgan fingerprint density at radius 1 is 0.571 bits per heavy atom. The number of anilines is 2. The Bertz CT molecular complexity index is 1340. The summed E-state index contributed by atoms with van der Waals surface area (Å²) in [5, 5.41) is 2.13. The minimum absolute atomic E-state index is 0.00547. The molecule has 226 valence electrons. The highest BCUT2D eigenvalue weighted by atomic mass is 127. The molecule has 2 N–H and O–H groups in total. The normalized spacial score (nSPS) is 10.8. The Kier molecular flexibility index (Phi) is 17.6. The molecule has 2 amide bonds. The summed E-state index contributed by atoms with van der Waals surface area (Å²) in [5.74, 6) is -0.598. The summed E-state index contributed by atoms with van der Waals surface area (Å²) in [6.45, 7) is -0.222. The van der Waals surface area contributed by atoms with Gasteiger partial charge in [-0.3, -0.25) is 28.8 Å². The van der Waals surface area contributed by atoms with Gasteiger partial charge in [0, 0.05) is 12.9 Å². The molecule has 0 atom stereocenters. The molecule has 2 rings (SSSR count). The van der Waals surface area contributed by atoms with Gasteiger partial charge in [-0.25, -0.2) is 0 Å². The summed E-state index contributed by atoms with van der Waals surface area (Å²) >= 11 is 35.1. The van der Waals surface area contributed by atoms with Crippen molar-refractivity contribution in [1.82, 2.24) is 0 Å². The van der Waals surface area contributed by atoms with Gasteiger partial charge in [0.15, 0.2) is 0 Å². The molecule has 0 heterocycles. The number of thioether (sulfide) groups is 1. The van der Waals surface area contributed by atoms with Gasteiger partial charge in [-0.2, -0.15) is 0 Å². The fourth-order valence-electron chi connectivity index (χ4n) is 3.04. The predicted octanol–water partition coefficient (Wildman–Crippen LogP) is 8.16. The van der Waals surface area contributed by atoms with E-state index in [9.17, 15) is 28.8 Å². The molecule has 0 aromatic heterocycles. The van der Waals surface area contributed by atoms with E-state index < -0.39 is 32.8 Å². The van der Waals surface area contributed by atoms with E-state index in [0.29, 0.717) is 23.6 Å². The molecule has 0 saturated carbocycles. The number of rotatable bonds is 13. The van der Waals surface area contributed by atoms with Gasteiger partial charge >= 0.3 is 0 Å². The molecular weight excluding hydrogens is 1340 g/mol. The molecule has 0 aliphatic heterocycles. The summed E-state index contributed by atoms with van der Waals surface area (Å²) < 4.78 is 7.42. The minimum atomic E-state index is -0.806. The summed E-state index contributed by atoms with van der Waals surface area (Å²) in [5.41, 5.74) is 0.714. The van der Waals surface area contributed by atoms with Gasteiger partial charge in [-0.1, -0.05) is 0 Å². The van der Waals surface area contributed by atoms with Crippen molar-refractivity contribution in [2.24, 2.45) is 0 Å². The molecule has 0 aliphatic rings. The number of hydrogen-bond acceptors (Lipinski definition) is 8. The Morgan fingerprint density at radius 3 is 1.24 bits per heavy atom. The van der Waals surface area contributed by atoms with Gasteiger partial charge in [0.25, 0.3) is 21.0 Å². The van der Waals surface area contributed by atoms with Crippen molar-refractivity contribution in [2.75, 3.05) is 35.4 Å². The molecule has 0 spiro atoms. The number of nitrogens with one attached hydrogen (secondary N) is 2. The van der Waals surface area contributed by atoms with Crippen molar-refractivity contribution in [1.29, 1.82) is 0 Å². The first-order chi connectivity index (χ1) is 19.5. The van der Waals surface area contributed by atoms with Gasteiger partial charge < -0.3 is 15.4 Å². The lowest BCUT2D eigenvalue weighted by molar-refractivity contribution is -0.120. The fraction of sp³-hybridized carbons (Fsp3) is 0.182. The molecule has 42 heavy (non-hydrogen) atoms. The van der Waals surface area contributed by atoms with E-state index in [2.05, 4.69) is 10.6 Å². The summed E-state index contributed by atoms with van der Waals surface area (Å²) in [4.78, 5) is 73.0. The van der Waals surface area contributed by atoms with Crippen LogP contribution in [0.5, 0.6) is 0 Å². The zero-order valence-electron chi connectivity index (χ0n) is 19.9. The molecule has 0 radical (unpaired) electrons. The first kappa shape index (κ1) is 40.1. The van der Waals surface area contributed by atoms with Crippen LogP contribution in [0.25, 0.3) is 0 Å². The quantitative estimate of drug-likeness (QED) is 0.117. The van der Waals surface area contributed by atoms with E-state index in [-0.39, 0.29) is 56.2 Å². The maximum absolute atomic E-state index is 12.6. The van der Waals surface area contributed by atoms with E-state index >= 15 is 0 Å². The van der Waals surface area contributed by atoms with Crippen LogP contribution in [0.3, 0.4) is 0 Å². The fourth-order valence-corrected chi connectivity index (χ4v) is 14.5. The maximum Gasteiger partial charge on any atom is 0.254 e. The molecule has 9 nitrogen and oxygen atoms in total. The lowest BCUT2D eigenvalue weighted by atomic mass is 10.1. The molecule has 2 aromatic carbocycles. The third-order valence-corrected chi connectivity index (χ3v) is 12.9. The van der Waals surface area contributed by atoms with Crippen molar-refractivity contribution < 1.29 is 33.5 Å². The molecule has 0 aliphatic carbocycles. The van der Waals surface area contributed by atoms with Crippen LogP contribution in [-0.2, 0) is 14.3 Å². The Labute approximate surface area is 344 Å². The van der Waals surface area contributed by atoms with E-state index in [4.69, 9.17) is 51.1 Å². The number of carbonyl (C=O) groups excluding carboxylic acids is 6. The number of halogens is 10. The van der Waals surface area contributed by atoms with Crippen LogP contribution in [0.4, 0.5) is 11.4 Å². The van der Waals surface area contributed by atoms with Crippen LogP contribution in [0, 0.1) is 21.4 Å². The van der Waals surface area contributed by atoms with Gasteiger partial charge in [0.1, 0.15) is 6.61 Å². The second-order valence-corrected chi connectivity index (χ2v) is 16.4. The predicted molar refractivity (Wildman–Crippen MR) is 215 cm³/mol. The highest BCUT2D eigenvalue weighted by Crippen LogP contribution is 2.38. The lowest BCUT2D eigenvalue weighted by Crippen LogP contribution is -2.22. The molecule has 20 heteroatoms. The molecule has 2 aromatic rings. The number of ether oxygens (including phenoxy) is 1. The average Bonchev–Trinajstić information content (AvgIpc) is 2.85. The molecule has 0 bridgehead atoms. The van der Waals surface area contributed by atoms with Crippen LogP contribution in [0.1, 0.15) is 41.4 Å². The summed E-state index contributed by atoms with van der Waals surface area (Å²) in [6, 6.07) is 0. The minimum Gasteiger partial charge on any atom is -0.371 e. The Balaban J connectivity index is 1.97. The highest BCUT2D eigenvalue weighted by molar-refractivity contribution is 14.1. The Morgan fingerprint density at radius 2 is 0.905 bits per heavy atom. The topological polar surface area (TPSA) is 136 Å². The zero-order valence-corrected chi connectivity index (χ0v) is 36.7. The van der Waals surface area contributed by atoms with Crippen LogP contribution >= 0.6 is 194 Å². The van der Waals surface area contributed by atoms with Crippen molar-refractivity contribution in [3.63, 3.8) is 0 Å². The van der Waals surface area contributed by atoms with Crippen molar-refractivity contribution in [3.8, 4) is 0 Å². The van der Waals surface area contributed by atoms with Crippen LogP contribution in [0.15, 0.2) is 0 Å².